The molecule has 3 aromatic heterocycles. The van der Waals surface area contributed by atoms with Crippen molar-refractivity contribution in [1.29, 1.82) is 0 Å². The minimum atomic E-state index is 0. The summed E-state index contributed by atoms with van der Waals surface area (Å²) in [6.45, 7) is 0. The van der Waals surface area contributed by atoms with Gasteiger partial charge in [0.15, 0.2) is 0 Å². The molecule has 10 aromatic rings. The molecule has 0 amide bonds. The van der Waals surface area contributed by atoms with Gasteiger partial charge in [0.2, 0.25) is 0 Å². The van der Waals surface area contributed by atoms with Crippen molar-refractivity contribution in [3.8, 4) is 45.0 Å². The van der Waals surface area contributed by atoms with E-state index in [1.165, 1.54) is 43.6 Å². The molecule has 0 aliphatic carbocycles. The van der Waals surface area contributed by atoms with Crippen molar-refractivity contribution >= 4 is 43.6 Å². The number of nitrogens with zero attached hydrogens (tertiary/aromatic N) is 3. The number of benzene rings is 7. The Morgan fingerprint density at radius 2 is 0.725 bits per heavy atom. The molecule has 0 aliphatic heterocycles. The zero-order valence-corrected chi connectivity index (χ0v) is 27.2. The predicted molar refractivity (Wildman–Crippen MR) is 216 cm³/mol. The fraction of sp³-hybridized carbons (Fsp3) is 0.0208. The smallest absolute Gasteiger partial charge is 0.0715 e. The Labute approximate surface area is 297 Å². The van der Waals surface area contributed by atoms with E-state index in [0.29, 0.717) is 0 Å². The Balaban J connectivity index is 0.00000348. The highest BCUT2D eigenvalue weighted by Crippen LogP contribution is 2.40. The minimum absolute atomic E-state index is 0. The zero-order chi connectivity index (χ0) is 33.0. The quantitative estimate of drug-likeness (QED) is 0.181. The molecule has 3 heterocycles. The van der Waals surface area contributed by atoms with Gasteiger partial charge in [0.05, 0.1) is 39.1 Å². The van der Waals surface area contributed by atoms with Crippen molar-refractivity contribution in [3.63, 3.8) is 0 Å². The topological polar surface area (TPSA) is 22.8 Å². The van der Waals surface area contributed by atoms with E-state index in [9.17, 15) is 0 Å². The lowest BCUT2D eigenvalue weighted by Crippen LogP contribution is -2.01. The summed E-state index contributed by atoms with van der Waals surface area (Å²) in [5, 5.41) is 4.98. The second-order valence-corrected chi connectivity index (χ2v) is 12.8. The van der Waals surface area contributed by atoms with Gasteiger partial charge >= 0.3 is 0 Å². The molecular formula is C48H35N3. The third-order valence-corrected chi connectivity index (χ3v) is 9.91. The van der Waals surface area contributed by atoms with E-state index < -0.39 is 0 Å². The molecule has 0 unspecified atom stereocenters. The van der Waals surface area contributed by atoms with Gasteiger partial charge in [0, 0.05) is 43.9 Å². The monoisotopic (exact) mass is 653 g/mol. The normalized spacial score (nSPS) is 11.4. The highest BCUT2D eigenvalue weighted by molar-refractivity contribution is 6.11. The van der Waals surface area contributed by atoms with Gasteiger partial charge in [-0.1, -0.05) is 141 Å². The van der Waals surface area contributed by atoms with Crippen LogP contribution in [-0.4, -0.2) is 14.1 Å². The summed E-state index contributed by atoms with van der Waals surface area (Å²) in [6.07, 6.45) is 0. The molecule has 0 N–H and O–H groups in total. The largest absolute Gasteiger partial charge is 0.309 e. The molecule has 10 rings (SSSR count). The summed E-state index contributed by atoms with van der Waals surface area (Å²) in [4.78, 5) is 5.23. The van der Waals surface area contributed by atoms with Gasteiger partial charge in [-0.2, -0.15) is 0 Å². The first kappa shape index (κ1) is 30.4. The van der Waals surface area contributed by atoms with Crippen LogP contribution in [0.4, 0.5) is 0 Å². The average molecular weight is 654 g/mol. The molecule has 0 atom stereocenters. The van der Waals surface area contributed by atoms with Crippen molar-refractivity contribution < 1.29 is 0 Å². The first-order chi connectivity index (χ1) is 24.8. The van der Waals surface area contributed by atoms with Crippen LogP contribution in [0.2, 0.25) is 0 Å². The molecule has 51 heavy (non-hydrogen) atoms. The summed E-state index contributed by atoms with van der Waals surface area (Å²) in [7, 11) is 0. The molecule has 0 aliphatic rings. The molecular weight excluding hydrogens is 619 g/mol. The second-order valence-electron chi connectivity index (χ2n) is 12.8. The van der Waals surface area contributed by atoms with Gasteiger partial charge in [-0.25, -0.2) is 4.98 Å². The molecule has 3 nitrogen and oxygen atoms in total. The number of hydrogen-bond donors (Lipinski definition) is 0. The maximum Gasteiger partial charge on any atom is 0.0715 e. The van der Waals surface area contributed by atoms with Crippen LogP contribution in [0.15, 0.2) is 188 Å². The summed E-state index contributed by atoms with van der Waals surface area (Å²) in [6, 6.07) is 67.3. The number of aromatic nitrogens is 3. The standard InChI is InChI=1S/C47H31N3.CH4/c1-3-15-32(16-4-1)41-29-34(30-42(48-41)33-17-5-2-6-18-33)40-31-35(49-43-23-11-7-19-36(43)37-20-8-12-24-44(37)49)27-28-47(40)50-45-25-13-9-21-38(45)39-22-10-14-26-46(39)50;/h1-31H;1H4. The zero-order valence-electron chi connectivity index (χ0n) is 27.2. The number of fused-ring (bicyclic) bond motifs is 6. The second kappa shape index (κ2) is 12.3. The molecule has 0 spiro atoms. The van der Waals surface area contributed by atoms with Crippen LogP contribution in [-0.2, 0) is 0 Å². The third-order valence-electron chi connectivity index (χ3n) is 9.91. The molecule has 0 fully saturated rings. The summed E-state index contributed by atoms with van der Waals surface area (Å²) >= 11 is 0. The summed E-state index contributed by atoms with van der Waals surface area (Å²) in [5.41, 5.74) is 13.3. The Morgan fingerprint density at radius 1 is 0.333 bits per heavy atom. The maximum absolute atomic E-state index is 5.23. The molecule has 0 saturated carbocycles. The molecule has 7 aromatic carbocycles. The van der Waals surface area contributed by atoms with Crippen molar-refractivity contribution in [1.82, 2.24) is 14.1 Å². The van der Waals surface area contributed by atoms with Crippen LogP contribution in [0, 0.1) is 0 Å². The Morgan fingerprint density at radius 3 is 1.18 bits per heavy atom. The van der Waals surface area contributed by atoms with E-state index in [2.05, 4.69) is 197 Å². The molecule has 0 bridgehead atoms. The molecule has 0 radical (unpaired) electrons. The van der Waals surface area contributed by atoms with E-state index in [0.717, 1.165) is 45.0 Å². The van der Waals surface area contributed by atoms with E-state index in [4.69, 9.17) is 4.98 Å². The van der Waals surface area contributed by atoms with Gasteiger partial charge in [0.1, 0.15) is 0 Å². The van der Waals surface area contributed by atoms with Crippen LogP contribution in [0.5, 0.6) is 0 Å². The van der Waals surface area contributed by atoms with Crippen LogP contribution >= 0.6 is 0 Å². The lowest BCUT2D eigenvalue weighted by atomic mass is 9.97. The summed E-state index contributed by atoms with van der Waals surface area (Å²) in [5.74, 6) is 0. The summed E-state index contributed by atoms with van der Waals surface area (Å²) < 4.78 is 4.84. The maximum atomic E-state index is 5.23. The Kier molecular flexibility index (Phi) is 7.33. The van der Waals surface area contributed by atoms with E-state index >= 15 is 0 Å². The molecule has 242 valence electrons. The van der Waals surface area contributed by atoms with E-state index in [1.807, 2.05) is 0 Å². The Bertz CT molecular complexity index is 2700. The molecule has 0 saturated heterocycles. The fourth-order valence-electron chi connectivity index (χ4n) is 7.67. The van der Waals surface area contributed by atoms with Crippen LogP contribution in [0.1, 0.15) is 7.43 Å². The third kappa shape index (κ3) is 4.94. The Hall–Kier alpha value is -6.71. The predicted octanol–water partition coefficient (Wildman–Crippen LogP) is 12.9. The first-order valence-corrected chi connectivity index (χ1v) is 17.1. The lowest BCUT2D eigenvalue weighted by molar-refractivity contribution is 1.15. The van der Waals surface area contributed by atoms with Gasteiger partial charge < -0.3 is 9.13 Å². The van der Waals surface area contributed by atoms with Gasteiger partial charge in [0.25, 0.3) is 0 Å². The molecule has 3 heteroatoms. The number of para-hydroxylation sites is 4. The highest BCUT2D eigenvalue weighted by atomic mass is 15.0. The fourth-order valence-corrected chi connectivity index (χ4v) is 7.67. The van der Waals surface area contributed by atoms with Crippen LogP contribution in [0.25, 0.3) is 88.6 Å². The van der Waals surface area contributed by atoms with E-state index in [-0.39, 0.29) is 7.43 Å². The average Bonchev–Trinajstić information content (AvgIpc) is 3.71. The van der Waals surface area contributed by atoms with Crippen LogP contribution < -0.4 is 0 Å². The number of rotatable bonds is 5. The van der Waals surface area contributed by atoms with Crippen LogP contribution in [0.3, 0.4) is 0 Å². The SMILES string of the molecule is C.c1ccc(-c2cc(-c3cc(-n4c5ccccc5c5ccccc54)ccc3-n3c4ccccc4c4ccccc43)cc(-c3ccccc3)n2)cc1. The number of hydrogen-bond acceptors (Lipinski definition) is 1. The minimum Gasteiger partial charge on any atom is -0.309 e. The number of pyridine rings is 1. The highest BCUT2D eigenvalue weighted by Gasteiger charge is 2.20. The van der Waals surface area contributed by atoms with Crippen molar-refractivity contribution in [2.75, 3.05) is 0 Å². The van der Waals surface area contributed by atoms with Gasteiger partial charge in [-0.15, -0.1) is 0 Å². The van der Waals surface area contributed by atoms with Crippen molar-refractivity contribution in [2.24, 2.45) is 0 Å². The van der Waals surface area contributed by atoms with Crippen molar-refractivity contribution in [3.05, 3.63) is 188 Å². The lowest BCUT2D eigenvalue weighted by Gasteiger charge is -2.18. The van der Waals surface area contributed by atoms with Gasteiger partial charge in [-0.3, -0.25) is 0 Å². The first-order valence-electron chi connectivity index (χ1n) is 17.1. The van der Waals surface area contributed by atoms with Crippen molar-refractivity contribution in [2.45, 2.75) is 7.43 Å². The van der Waals surface area contributed by atoms with Gasteiger partial charge in [-0.05, 0) is 60.2 Å². The van der Waals surface area contributed by atoms with E-state index in [1.54, 1.807) is 0 Å².